The third-order valence-corrected chi connectivity index (χ3v) is 7.25. The minimum absolute atomic E-state index is 0.0124. The number of aromatic nitrogens is 3. The van der Waals surface area contributed by atoms with Crippen molar-refractivity contribution < 1.29 is 18.4 Å². The number of hydrogen-bond donors (Lipinski definition) is 1. The molecule has 0 radical (unpaired) electrons. The lowest BCUT2D eigenvalue weighted by Gasteiger charge is -2.37. The molecule has 2 fully saturated rings. The standard InChI is InChI=1S/C28H24F2N6O2/c29-22-7-6-21(16-23(22)30)36-25(19-8-12-31-13-9-19)17-24(33-36)26(37)34-14-10-28(11-15-34)27(38)35(18-32-28)20-4-2-1-3-5-20/h1-9,12-13,16-17,32H,10-11,14-15,18H2. The van der Waals surface area contributed by atoms with Crippen LogP contribution in [0.2, 0.25) is 0 Å². The van der Waals surface area contributed by atoms with Crippen molar-refractivity contribution in [2.45, 2.75) is 18.4 Å². The normalized spacial score (nSPS) is 16.8. The summed E-state index contributed by atoms with van der Waals surface area (Å²) in [5.41, 5.74) is 1.85. The first-order chi connectivity index (χ1) is 18.4. The van der Waals surface area contributed by atoms with Gasteiger partial charge in [0.05, 0.1) is 18.1 Å². The van der Waals surface area contributed by atoms with Crippen molar-refractivity contribution in [3.63, 3.8) is 0 Å². The number of likely N-dealkylation sites (tertiary alicyclic amines) is 1. The summed E-state index contributed by atoms with van der Waals surface area (Å²) in [6, 6.07) is 18.1. The van der Waals surface area contributed by atoms with Gasteiger partial charge in [0.1, 0.15) is 5.54 Å². The van der Waals surface area contributed by atoms with E-state index in [0.29, 0.717) is 38.3 Å². The molecular weight excluding hydrogens is 490 g/mol. The molecule has 1 N–H and O–H groups in total. The number of para-hydroxylation sites is 1. The highest BCUT2D eigenvalue weighted by molar-refractivity contribution is 6.02. The van der Waals surface area contributed by atoms with E-state index in [1.165, 1.54) is 10.7 Å². The topological polar surface area (TPSA) is 83.4 Å². The van der Waals surface area contributed by atoms with Gasteiger partial charge >= 0.3 is 0 Å². The van der Waals surface area contributed by atoms with E-state index in [4.69, 9.17) is 0 Å². The molecule has 10 heteroatoms. The van der Waals surface area contributed by atoms with Gasteiger partial charge in [0.2, 0.25) is 5.91 Å². The van der Waals surface area contributed by atoms with Gasteiger partial charge in [-0.05, 0) is 55.3 Å². The van der Waals surface area contributed by atoms with Gasteiger partial charge in [-0.2, -0.15) is 5.10 Å². The van der Waals surface area contributed by atoms with E-state index in [1.54, 1.807) is 40.4 Å². The van der Waals surface area contributed by atoms with Crippen LogP contribution >= 0.6 is 0 Å². The maximum atomic E-state index is 14.0. The van der Waals surface area contributed by atoms with Crippen molar-refractivity contribution in [3.05, 3.63) is 96.5 Å². The number of nitrogens with zero attached hydrogens (tertiary/aromatic N) is 5. The van der Waals surface area contributed by atoms with Crippen LogP contribution in [0.5, 0.6) is 0 Å². The Kier molecular flexibility index (Phi) is 5.96. The predicted molar refractivity (Wildman–Crippen MR) is 137 cm³/mol. The van der Waals surface area contributed by atoms with Crippen molar-refractivity contribution in [2.24, 2.45) is 0 Å². The molecule has 0 atom stereocenters. The Morgan fingerprint density at radius 1 is 0.895 bits per heavy atom. The molecule has 4 aromatic rings. The van der Waals surface area contributed by atoms with E-state index in [-0.39, 0.29) is 23.2 Å². The first kappa shape index (κ1) is 23.9. The maximum absolute atomic E-state index is 14.0. The first-order valence-corrected chi connectivity index (χ1v) is 12.3. The Labute approximate surface area is 217 Å². The average molecular weight is 515 g/mol. The Bertz CT molecular complexity index is 1500. The molecule has 192 valence electrons. The first-order valence-electron chi connectivity index (χ1n) is 12.3. The zero-order valence-corrected chi connectivity index (χ0v) is 20.3. The number of nitrogens with one attached hydrogen (secondary N) is 1. The average Bonchev–Trinajstić information content (AvgIpc) is 3.54. The Morgan fingerprint density at radius 2 is 1.63 bits per heavy atom. The molecule has 6 rings (SSSR count). The molecule has 8 nitrogen and oxygen atoms in total. The van der Waals surface area contributed by atoms with E-state index < -0.39 is 17.2 Å². The zero-order valence-electron chi connectivity index (χ0n) is 20.3. The van der Waals surface area contributed by atoms with Gasteiger partial charge in [0, 0.05) is 42.8 Å². The highest BCUT2D eigenvalue weighted by Gasteiger charge is 2.49. The molecule has 0 saturated carbocycles. The van der Waals surface area contributed by atoms with E-state index >= 15 is 0 Å². The Hall–Kier alpha value is -4.44. The summed E-state index contributed by atoms with van der Waals surface area (Å²) in [5, 5.41) is 7.87. The summed E-state index contributed by atoms with van der Waals surface area (Å²) in [6.07, 6.45) is 4.16. The van der Waals surface area contributed by atoms with Crippen molar-refractivity contribution in [1.82, 2.24) is 25.0 Å². The second-order valence-corrected chi connectivity index (χ2v) is 9.44. The van der Waals surface area contributed by atoms with Crippen molar-refractivity contribution in [2.75, 3.05) is 24.7 Å². The molecule has 38 heavy (non-hydrogen) atoms. The summed E-state index contributed by atoms with van der Waals surface area (Å²) in [5.74, 6) is -2.25. The van der Waals surface area contributed by atoms with E-state index in [2.05, 4.69) is 15.4 Å². The van der Waals surface area contributed by atoms with Crippen LogP contribution in [0, 0.1) is 11.6 Å². The number of amides is 2. The number of piperidine rings is 1. The molecule has 2 saturated heterocycles. The fourth-order valence-corrected chi connectivity index (χ4v) is 5.12. The lowest BCUT2D eigenvalue weighted by Crippen LogP contribution is -2.55. The third kappa shape index (κ3) is 4.12. The van der Waals surface area contributed by atoms with Crippen LogP contribution in [0.25, 0.3) is 16.9 Å². The second kappa shape index (κ2) is 9.46. The number of anilines is 1. The highest BCUT2D eigenvalue weighted by Crippen LogP contribution is 2.32. The summed E-state index contributed by atoms with van der Waals surface area (Å²) in [4.78, 5) is 34.3. The van der Waals surface area contributed by atoms with Gasteiger partial charge in [-0.25, -0.2) is 13.5 Å². The maximum Gasteiger partial charge on any atom is 0.274 e. The molecule has 4 heterocycles. The molecule has 0 bridgehead atoms. The molecule has 0 aliphatic carbocycles. The number of halogens is 2. The monoisotopic (exact) mass is 514 g/mol. The zero-order chi connectivity index (χ0) is 26.3. The minimum Gasteiger partial charge on any atom is -0.337 e. The van der Waals surface area contributed by atoms with Crippen LogP contribution in [0.15, 0.2) is 79.1 Å². The van der Waals surface area contributed by atoms with Crippen molar-refractivity contribution >= 4 is 17.5 Å². The summed E-state index contributed by atoms with van der Waals surface area (Å²) in [6.45, 7) is 1.18. The summed E-state index contributed by atoms with van der Waals surface area (Å²) in [7, 11) is 0. The molecular formula is C28H24F2N6O2. The number of hydrogen-bond acceptors (Lipinski definition) is 5. The number of pyridine rings is 1. The highest BCUT2D eigenvalue weighted by atomic mass is 19.2. The fraction of sp³-hybridized carbons (Fsp3) is 0.214. The predicted octanol–water partition coefficient (Wildman–Crippen LogP) is 3.78. The molecule has 0 unspecified atom stereocenters. The molecule has 2 aliphatic rings. The number of rotatable bonds is 4. The molecule has 1 spiro atoms. The second-order valence-electron chi connectivity index (χ2n) is 9.44. The smallest absolute Gasteiger partial charge is 0.274 e. The van der Waals surface area contributed by atoms with E-state index in [1.807, 2.05) is 30.3 Å². The molecule has 2 amide bonds. The van der Waals surface area contributed by atoms with Crippen molar-refractivity contribution in [1.29, 1.82) is 0 Å². The SMILES string of the molecule is O=C(c1cc(-c2ccncc2)n(-c2ccc(F)c(F)c2)n1)N1CCC2(CC1)NCN(c1ccccc1)C2=O. The fourth-order valence-electron chi connectivity index (χ4n) is 5.12. The van der Waals surface area contributed by atoms with Gasteiger partial charge in [-0.15, -0.1) is 0 Å². The third-order valence-electron chi connectivity index (χ3n) is 7.25. The summed E-state index contributed by atoms with van der Waals surface area (Å²) >= 11 is 0. The largest absolute Gasteiger partial charge is 0.337 e. The van der Waals surface area contributed by atoms with Gasteiger partial charge < -0.3 is 4.90 Å². The molecule has 2 aromatic carbocycles. The van der Waals surface area contributed by atoms with Crippen LogP contribution in [-0.4, -0.2) is 56.8 Å². The number of carbonyl (C=O) groups is 2. The Balaban J connectivity index is 1.24. The number of benzene rings is 2. The van der Waals surface area contributed by atoms with Gasteiger partial charge in [0.25, 0.3) is 5.91 Å². The van der Waals surface area contributed by atoms with Gasteiger partial charge in [-0.1, -0.05) is 18.2 Å². The van der Waals surface area contributed by atoms with Crippen LogP contribution in [0.3, 0.4) is 0 Å². The Morgan fingerprint density at radius 3 is 2.34 bits per heavy atom. The van der Waals surface area contributed by atoms with E-state index in [0.717, 1.165) is 23.4 Å². The lowest BCUT2D eigenvalue weighted by molar-refractivity contribution is -0.123. The molecule has 2 aliphatic heterocycles. The van der Waals surface area contributed by atoms with Crippen molar-refractivity contribution in [3.8, 4) is 16.9 Å². The minimum atomic E-state index is -1.01. The lowest BCUT2D eigenvalue weighted by atomic mass is 9.87. The van der Waals surface area contributed by atoms with E-state index in [9.17, 15) is 18.4 Å². The van der Waals surface area contributed by atoms with Crippen LogP contribution in [-0.2, 0) is 4.79 Å². The molecule has 2 aromatic heterocycles. The summed E-state index contributed by atoms with van der Waals surface area (Å²) < 4.78 is 29.0. The number of carbonyl (C=O) groups excluding carboxylic acids is 2. The van der Waals surface area contributed by atoms with Crippen LogP contribution in [0.1, 0.15) is 23.3 Å². The van der Waals surface area contributed by atoms with Crippen LogP contribution < -0.4 is 10.2 Å². The van der Waals surface area contributed by atoms with Crippen LogP contribution in [0.4, 0.5) is 14.5 Å². The van der Waals surface area contributed by atoms with Gasteiger partial charge in [-0.3, -0.25) is 24.8 Å². The quantitative estimate of drug-likeness (QED) is 0.448. The van der Waals surface area contributed by atoms with Gasteiger partial charge in [0.15, 0.2) is 17.3 Å².